The van der Waals surface area contributed by atoms with Crippen LogP contribution in [0.2, 0.25) is 0 Å². The highest BCUT2D eigenvalue weighted by Crippen LogP contribution is 2.42. The fourth-order valence-corrected chi connectivity index (χ4v) is 9.33. The third-order valence-electron chi connectivity index (χ3n) is 12.2. The Kier molecular flexibility index (Phi) is 7.88. The number of benzene rings is 9. The Bertz CT molecular complexity index is 3570. The zero-order chi connectivity index (χ0) is 40.4. The SMILES string of the molecule is N#Cc1ccc2c(c1)c1cc(-c3cccc(-c4cc5ccc6cc(-c7cc(-c8ccccn8)cc(-c8ccccn8)c7)cc7ccc(c4)c5c67)c3)ccc1n2-c1ccccc1. The fourth-order valence-electron chi connectivity index (χ4n) is 9.33. The van der Waals surface area contributed by atoms with Gasteiger partial charge in [-0.15, -0.1) is 0 Å². The molecule has 9 aromatic carbocycles. The predicted molar refractivity (Wildman–Crippen MR) is 252 cm³/mol. The minimum absolute atomic E-state index is 0.656. The van der Waals surface area contributed by atoms with E-state index in [9.17, 15) is 5.26 Å². The molecule has 4 heteroatoms. The van der Waals surface area contributed by atoms with Crippen LogP contribution in [-0.4, -0.2) is 14.5 Å². The quantitative estimate of drug-likeness (QED) is 0.158. The zero-order valence-corrected chi connectivity index (χ0v) is 32.9. The highest BCUT2D eigenvalue weighted by atomic mass is 15.0. The Hall–Kier alpha value is -8.39. The van der Waals surface area contributed by atoms with Crippen LogP contribution in [0.25, 0.3) is 116 Å². The van der Waals surface area contributed by atoms with Crippen molar-refractivity contribution in [2.75, 3.05) is 0 Å². The second-order valence-corrected chi connectivity index (χ2v) is 15.8. The number of nitriles is 1. The molecule has 0 aliphatic carbocycles. The summed E-state index contributed by atoms with van der Waals surface area (Å²) in [5, 5.41) is 19.4. The van der Waals surface area contributed by atoms with Gasteiger partial charge in [-0.1, -0.05) is 78.9 Å². The maximum absolute atomic E-state index is 9.80. The van der Waals surface area contributed by atoms with Gasteiger partial charge in [0.2, 0.25) is 0 Å². The van der Waals surface area contributed by atoms with Gasteiger partial charge in [-0.05, 0) is 181 Å². The van der Waals surface area contributed by atoms with Crippen LogP contribution in [0.4, 0.5) is 0 Å². The molecule has 0 bridgehead atoms. The third-order valence-corrected chi connectivity index (χ3v) is 12.2. The summed E-state index contributed by atoms with van der Waals surface area (Å²) in [6.45, 7) is 0. The van der Waals surface area contributed by atoms with Crippen molar-refractivity contribution >= 4 is 54.1 Å². The van der Waals surface area contributed by atoms with Crippen molar-refractivity contribution in [3.63, 3.8) is 0 Å². The van der Waals surface area contributed by atoms with Gasteiger partial charge >= 0.3 is 0 Å². The summed E-state index contributed by atoms with van der Waals surface area (Å²) in [7, 11) is 0. The molecule has 0 radical (unpaired) electrons. The van der Waals surface area contributed by atoms with Gasteiger partial charge in [0.25, 0.3) is 0 Å². The van der Waals surface area contributed by atoms with Gasteiger partial charge in [-0.25, -0.2) is 0 Å². The van der Waals surface area contributed by atoms with Crippen LogP contribution in [0.1, 0.15) is 5.56 Å². The van der Waals surface area contributed by atoms with Crippen molar-refractivity contribution in [2.45, 2.75) is 0 Å². The van der Waals surface area contributed by atoms with E-state index in [0.717, 1.165) is 72.3 Å². The van der Waals surface area contributed by atoms with E-state index in [1.54, 1.807) is 0 Å². The monoisotopic (exact) mass is 774 g/mol. The van der Waals surface area contributed by atoms with Gasteiger partial charge in [-0.3, -0.25) is 9.97 Å². The summed E-state index contributed by atoms with van der Waals surface area (Å²) in [5.41, 5.74) is 14.9. The zero-order valence-electron chi connectivity index (χ0n) is 32.9. The highest BCUT2D eigenvalue weighted by molar-refractivity contribution is 6.24. The molecule has 0 amide bonds. The summed E-state index contributed by atoms with van der Waals surface area (Å²) in [4.78, 5) is 9.38. The minimum atomic E-state index is 0.656. The summed E-state index contributed by atoms with van der Waals surface area (Å²) in [5.74, 6) is 0. The number of hydrogen-bond acceptors (Lipinski definition) is 3. The third kappa shape index (κ3) is 5.83. The van der Waals surface area contributed by atoms with Crippen molar-refractivity contribution in [2.24, 2.45) is 0 Å². The van der Waals surface area contributed by atoms with Crippen molar-refractivity contribution in [1.82, 2.24) is 14.5 Å². The van der Waals surface area contributed by atoms with Gasteiger partial charge in [0.15, 0.2) is 0 Å². The molecule has 0 saturated heterocycles. The number of pyridine rings is 2. The van der Waals surface area contributed by atoms with E-state index < -0.39 is 0 Å². The molecule has 0 atom stereocenters. The predicted octanol–water partition coefficient (Wildman–Crippen LogP) is 14.7. The van der Waals surface area contributed by atoms with E-state index in [0.29, 0.717) is 5.56 Å². The van der Waals surface area contributed by atoms with Gasteiger partial charge in [0, 0.05) is 40.0 Å². The maximum atomic E-state index is 9.80. The molecule has 3 aromatic heterocycles. The molecule has 12 aromatic rings. The van der Waals surface area contributed by atoms with Crippen LogP contribution in [0.3, 0.4) is 0 Å². The van der Waals surface area contributed by atoms with Crippen LogP contribution in [0.15, 0.2) is 207 Å². The summed E-state index contributed by atoms with van der Waals surface area (Å²) < 4.78 is 2.29. The van der Waals surface area contributed by atoms with Crippen molar-refractivity contribution in [1.29, 1.82) is 5.26 Å². The Morgan fingerprint density at radius 1 is 0.361 bits per heavy atom. The van der Waals surface area contributed by atoms with E-state index in [-0.39, 0.29) is 0 Å². The van der Waals surface area contributed by atoms with E-state index in [2.05, 4.69) is 172 Å². The molecule has 282 valence electrons. The molecule has 0 unspecified atom stereocenters. The first-order chi connectivity index (χ1) is 30.1. The second-order valence-electron chi connectivity index (χ2n) is 15.8. The molecule has 0 N–H and O–H groups in total. The minimum Gasteiger partial charge on any atom is -0.309 e. The number of hydrogen-bond donors (Lipinski definition) is 0. The average molecular weight is 775 g/mol. The largest absolute Gasteiger partial charge is 0.309 e. The first-order valence-electron chi connectivity index (χ1n) is 20.5. The molecule has 0 aliphatic heterocycles. The van der Waals surface area contributed by atoms with E-state index in [4.69, 9.17) is 0 Å². The molecule has 12 rings (SSSR count). The first kappa shape index (κ1) is 34.6. The van der Waals surface area contributed by atoms with E-state index in [1.807, 2.05) is 54.9 Å². The molecule has 0 aliphatic rings. The second kappa shape index (κ2) is 13.9. The molecule has 61 heavy (non-hydrogen) atoms. The van der Waals surface area contributed by atoms with Crippen molar-refractivity contribution < 1.29 is 0 Å². The molecule has 3 heterocycles. The highest BCUT2D eigenvalue weighted by Gasteiger charge is 2.17. The molecule has 0 fully saturated rings. The number of fused-ring (bicyclic) bond motifs is 3. The number of rotatable bonds is 6. The lowest BCUT2D eigenvalue weighted by atomic mass is 9.88. The molecular formula is C57H34N4. The van der Waals surface area contributed by atoms with Crippen LogP contribution >= 0.6 is 0 Å². The summed E-state index contributed by atoms with van der Waals surface area (Å²) >= 11 is 0. The van der Waals surface area contributed by atoms with Crippen molar-refractivity contribution in [3.8, 4) is 67.7 Å². The Morgan fingerprint density at radius 2 is 0.836 bits per heavy atom. The Morgan fingerprint density at radius 3 is 1.41 bits per heavy atom. The van der Waals surface area contributed by atoms with Crippen LogP contribution in [0, 0.1) is 11.3 Å². The Labute approximate surface area is 352 Å². The number of aromatic nitrogens is 3. The fraction of sp³-hybridized carbons (Fsp3) is 0. The summed E-state index contributed by atoms with van der Waals surface area (Å²) in [6.07, 6.45) is 3.69. The lowest BCUT2D eigenvalue weighted by Gasteiger charge is -2.16. The standard InChI is InChI=1S/C57H34N4/c58-35-36-15-21-54-50(25-36)51-34-39(20-22-55(51)61(54)49-11-2-1-3-12-49)37-9-8-10-38(26-37)44-27-40-16-18-42-29-45(30-43-19-17-41(28-44)56(40)57(42)43)46-31-47(52-13-4-6-23-59-52)33-48(32-46)53-14-5-7-24-60-53/h1-34H. The topological polar surface area (TPSA) is 54.5 Å². The van der Waals surface area contributed by atoms with Crippen LogP contribution in [-0.2, 0) is 0 Å². The molecule has 0 saturated carbocycles. The smallest absolute Gasteiger partial charge is 0.0991 e. The normalized spacial score (nSPS) is 11.6. The Balaban J connectivity index is 0.945. The van der Waals surface area contributed by atoms with Gasteiger partial charge in [-0.2, -0.15) is 5.26 Å². The van der Waals surface area contributed by atoms with Gasteiger partial charge in [0.05, 0.1) is 34.1 Å². The lowest BCUT2D eigenvalue weighted by Crippen LogP contribution is -1.93. The molecule has 4 nitrogen and oxygen atoms in total. The molecule has 0 spiro atoms. The average Bonchev–Trinajstić information content (AvgIpc) is 3.66. The molecular weight excluding hydrogens is 741 g/mol. The maximum Gasteiger partial charge on any atom is 0.0991 e. The first-order valence-corrected chi connectivity index (χ1v) is 20.5. The van der Waals surface area contributed by atoms with Gasteiger partial charge < -0.3 is 4.57 Å². The number of para-hydroxylation sites is 1. The number of nitrogens with zero attached hydrogens (tertiary/aromatic N) is 4. The lowest BCUT2D eigenvalue weighted by molar-refractivity contribution is 1.18. The summed E-state index contributed by atoms with van der Waals surface area (Å²) in [6, 6.07) is 71.5. The van der Waals surface area contributed by atoms with Crippen LogP contribution in [0.5, 0.6) is 0 Å². The van der Waals surface area contributed by atoms with E-state index in [1.165, 1.54) is 43.4 Å². The van der Waals surface area contributed by atoms with E-state index >= 15 is 0 Å². The van der Waals surface area contributed by atoms with Gasteiger partial charge in [0.1, 0.15) is 0 Å². The van der Waals surface area contributed by atoms with Crippen LogP contribution < -0.4 is 0 Å². The van der Waals surface area contributed by atoms with Crippen molar-refractivity contribution in [3.05, 3.63) is 212 Å².